The summed E-state index contributed by atoms with van der Waals surface area (Å²) in [6.45, 7) is 3.33. The zero-order chi connectivity index (χ0) is 19.2. The first kappa shape index (κ1) is 19.5. The molecule has 0 spiro atoms. The van der Waals surface area contributed by atoms with Crippen molar-refractivity contribution in [2.24, 2.45) is 5.92 Å². The molecule has 1 saturated heterocycles. The number of rotatable bonds is 6. The topological polar surface area (TPSA) is 91.4 Å². The van der Waals surface area contributed by atoms with Gasteiger partial charge in [0, 0.05) is 37.4 Å². The number of piperidine rings is 1. The Morgan fingerprint density at radius 3 is 2.67 bits per heavy atom. The van der Waals surface area contributed by atoms with Crippen LogP contribution in [0.25, 0.3) is 0 Å². The second-order valence-electron chi connectivity index (χ2n) is 6.42. The van der Waals surface area contributed by atoms with E-state index in [1.807, 2.05) is 23.8 Å². The monoisotopic (exact) mass is 406 g/mol. The highest BCUT2D eigenvalue weighted by atomic mass is 32.1. The molecule has 0 atom stereocenters. The fraction of sp³-hybridized carbons (Fsp3) is 0.444. The molecule has 144 valence electrons. The van der Waals surface area contributed by atoms with Crippen LogP contribution in [0.2, 0.25) is 0 Å². The maximum absolute atomic E-state index is 12.3. The SMILES string of the molecule is Cc1csc(NC(=O)C2CCN(C(=O)CCNC(=O)c3cccs3)CC2)n1. The van der Waals surface area contributed by atoms with Gasteiger partial charge >= 0.3 is 0 Å². The quantitative estimate of drug-likeness (QED) is 0.771. The van der Waals surface area contributed by atoms with E-state index in [9.17, 15) is 14.4 Å². The Morgan fingerprint density at radius 1 is 1.26 bits per heavy atom. The van der Waals surface area contributed by atoms with Gasteiger partial charge in [-0.2, -0.15) is 0 Å². The number of hydrogen-bond acceptors (Lipinski definition) is 6. The predicted molar refractivity (Wildman–Crippen MR) is 106 cm³/mol. The average Bonchev–Trinajstić information content (AvgIpc) is 3.33. The van der Waals surface area contributed by atoms with Crippen LogP contribution in [0.4, 0.5) is 5.13 Å². The maximum Gasteiger partial charge on any atom is 0.261 e. The van der Waals surface area contributed by atoms with Crippen LogP contribution < -0.4 is 10.6 Å². The van der Waals surface area contributed by atoms with E-state index in [1.54, 1.807) is 11.0 Å². The number of likely N-dealkylation sites (tertiary alicyclic amines) is 1. The molecule has 3 amide bonds. The summed E-state index contributed by atoms with van der Waals surface area (Å²) in [6.07, 6.45) is 1.55. The molecule has 0 radical (unpaired) electrons. The summed E-state index contributed by atoms with van der Waals surface area (Å²) in [6, 6.07) is 3.57. The molecule has 1 aliphatic rings. The van der Waals surface area contributed by atoms with Crippen molar-refractivity contribution < 1.29 is 14.4 Å². The van der Waals surface area contributed by atoms with Crippen LogP contribution in [-0.4, -0.2) is 47.2 Å². The van der Waals surface area contributed by atoms with Gasteiger partial charge in [0.05, 0.1) is 10.6 Å². The van der Waals surface area contributed by atoms with Gasteiger partial charge in [0.1, 0.15) is 0 Å². The Labute approximate surface area is 165 Å². The predicted octanol–water partition coefficient (Wildman–Crippen LogP) is 2.51. The number of thiophene rings is 1. The zero-order valence-corrected chi connectivity index (χ0v) is 16.7. The van der Waals surface area contributed by atoms with Gasteiger partial charge in [-0.15, -0.1) is 22.7 Å². The molecule has 3 heterocycles. The lowest BCUT2D eigenvalue weighted by Gasteiger charge is -2.31. The van der Waals surface area contributed by atoms with Gasteiger partial charge in [-0.3, -0.25) is 14.4 Å². The second kappa shape index (κ2) is 9.09. The van der Waals surface area contributed by atoms with Crippen molar-refractivity contribution in [2.75, 3.05) is 25.0 Å². The number of aryl methyl sites for hydroxylation is 1. The van der Waals surface area contributed by atoms with Crippen LogP contribution >= 0.6 is 22.7 Å². The summed E-state index contributed by atoms with van der Waals surface area (Å²) in [4.78, 5) is 43.1. The normalized spacial score (nSPS) is 14.8. The lowest BCUT2D eigenvalue weighted by Crippen LogP contribution is -2.42. The third kappa shape index (κ3) is 5.36. The fourth-order valence-corrected chi connectivity index (χ4v) is 4.28. The largest absolute Gasteiger partial charge is 0.351 e. The Hall–Kier alpha value is -2.26. The molecular weight excluding hydrogens is 384 g/mol. The number of carbonyl (C=O) groups excluding carboxylic acids is 3. The number of nitrogens with one attached hydrogen (secondary N) is 2. The van der Waals surface area contributed by atoms with Gasteiger partial charge in [0.2, 0.25) is 11.8 Å². The highest BCUT2D eigenvalue weighted by Crippen LogP contribution is 2.21. The van der Waals surface area contributed by atoms with Crippen molar-refractivity contribution in [1.82, 2.24) is 15.2 Å². The highest BCUT2D eigenvalue weighted by Gasteiger charge is 2.27. The first-order valence-electron chi connectivity index (χ1n) is 8.85. The molecular formula is C18H22N4O3S2. The van der Waals surface area contributed by atoms with E-state index in [-0.39, 0.29) is 30.1 Å². The summed E-state index contributed by atoms with van der Waals surface area (Å²) < 4.78 is 0. The molecule has 0 unspecified atom stereocenters. The molecule has 1 aliphatic heterocycles. The van der Waals surface area contributed by atoms with Gasteiger partial charge in [0.25, 0.3) is 5.91 Å². The van der Waals surface area contributed by atoms with Crippen molar-refractivity contribution in [3.8, 4) is 0 Å². The number of carbonyl (C=O) groups is 3. The fourth-order valence-electron chi connectivity index (χ4n) is 2.95. The Balaban J connectivity index is 1.37. The Morgan fingerprint density at radius 2 is 2.04 bits per heavy atom. The van der Waals surface area contributed by atoms with E-state index in [1.165, 1.54) is 22.7 Å². The maximum atomic E-state index is 12.3. The summed E-state index contributed by atoms with van der Waals surface area (Å²) >= 11 is 2.79. The molecule has 0 aromatic carbocycles. The highest BCUT2D eigenvalue weighted by molar-refractivity contribution is 7.14. The van der Waals surface area contributed by atoms with Crippen LogP contribution in [-0.2, 0) is 9.59 Å². The van der Waals surface area contributed by atoms with Gasteiger partial charge in [-0.05, 0) is 31.2 Å². The first-order chi connectivity index (χ1) is 13.0. The van der Waals surface area contributed by atoms with Gasteiger partial charge in [-0.1, -0.05) is 6.07 Å². The minimum atomic E-state index is -0.148. The van der Waals surface area contributed by atoms with Gasteiger partial charge < -0.3 is 15.5 Å². The lowest BCUT2D eigenvalue weighted by molar-refractivity contribution is -0.134. The Kier molecular flexibility index (Phi) is 6.57. The zero-order valence-electron chi connectivity index (χ0n) is 15.1. The first-order valence-corrected chi connectivity index (χ1v) is 10.6. The number of nitrogens with zero attached hydrogens (tertiary/aromatic N) is 2. The van der Waals surface area contributed by atoms with Crippen molar-refractivity contribution in [2.45, 2.75) is 26.2 Å². The molecule has 27 heavy (non-hydrogen) atoms. The van der Waals surface area contributed by atoms with Gasteiger partial charge in [-0.25, -0.2) is 4.98 Å². The van der Waals surface area contributed by atoms with Crippen molar-refractivity contribution >= 4 is 45.5 Å². The third-order valence-corrected chi connectivity index (χ3v) is 6.18. The van der Waals surface area contributed by atoms with Crippen molar-refractivity contribution in [1.29, 1.82) is 0 Å². The number of anilines is 1. The second-order valence-corrected chi connectivity index (χ2v) is 8.23. The minimum Gasteiger partial charge on any atom is -0.351 e. The molecule has 2 aromatic heterocycles. The van der Waals surface area contributed by atoms with Crippen LogP contribution in [0.15, 0.2) is 22.9 Å². The molecule has 2 aromatic rings. The summed E-state index contributed by atoms with van der Waals surface area (Å²) in [5, 5.41) is 9.98. The van der Waals surface area contributed by atoms with E-state index in [0.29, 0.717) is 42.5 Å². The third-order valence-electron chi connectivity index (χ3n) is 4.44. The molecule has 0 aliphatic carbocycles. The molecule has 0 bridgehead atoms. The molecule has 3 rings (SSSR count). The van der Waals surface area contributed by atoms with E-state index in [4.69, 9.17) is 0 Å². The summed E-state index contributed by atoms with van der Waals surface area (Å²) in [7, 11) is 0. The average molecular weight is 407 g/mol. The van der Waals surface area contributed by atoms with Crippen LogP contribution in [0.1, 0.15) is 34.6 Å². The van der Waals surface area contributed by atoms with Crippen molar-refractivity contribution in [3.05, 3.63) is 33.5 Å². The van der Waals surface area contributed by atoms with Crippen LogP contribution in [0.5, 0.6) is 0 Å². The van der Waals surface area contributed by atoms with Crippen LogP contribution in [0.3, 0.4) is 0 Å². The van der Waals surface area contributed by atoms with E-state index >= 15 is 0 Å². The smallest absolute Gasteiger partial charge is 0.261 e. The number of amides is 3. The van der Waals surface area contributed by atoms with Crippen molar-refractivity contribution in [3.63, 3.8) is 0 Å². The lowest BCUT2D eigenvalue weighted by atomic mass is 9.96. The Bertz CT molecular complexity index is 795. The van der Waals surface area contributed by atoms with Crippen LogP contribution in [0, 0.1) is 12.8 Å². The molecule has 1 fully saturated rings. The molecule has 2 N–H and O–H groups in total. The minimum absolute atomic E-state index is 0.0101. The molecule has 9 heteroatoms. The summed E-state index contributed by atoms with van der Waals surface area (Å²) in [5.74, 6) is -0.266. The number of hydrogen-bond donors (Lipinski definition) is 2. The number of aromatic nitrogens is 1. The van der Waals surface area contributed by atoms with E-state index < -0.39 is 0 Å². The molecule has 7 nitrogen and oxygen atoms in total. The number of thiazole rings is 1. The van der Waals surface area contributed by atoms with E-state index in [2.05, 4.69) is 15.6 Å². The van der Waals surface area contributed by atoms with Gasteiger partial charge in [0.15, 0.2) is 5.13 Å². The molecule has 0 saturated carbocycles. The van der Waals surface area contributed by atoms with E-state index in [0.717, 1.165) is 5.69 Å². The standard InChI is InChI=1S/C18H22N4O3S2/c1-12-11-27-18(20-12)21-16(24)13-5-8-22(9-6-13)15(23)4-7-19-17(25)14-3-2-10-26-14/h2-3,10-11,13H,4-9H2,1H3,(H,19,25)(H,20,21,24). The summed E-state index contributed by atoms with van der Waals surface area (Å²) in [5.41, 5.74) is 0.891.